The van der Waals surface area contributed by atoms with Gasteiger partial charge in [-0.1, -0.05) is 64.5 Å². The van der Waals surface area contributed by atoms with Crippen molar-refractivity contribution in [2.75, 3.05) is 5.32 Å². The van der Waals surface area contributed by atoms with E-state index in [1.54, 1.807) is 11.3 Å². The van der Waals surface area contributed by atoms with Gasteiger partial charge in [-0.05, 0) is 11.6 Å². The van der Waals surface area contributed by atoms with Crippen molar-refractivity contribution >= 4 is 32.4 Å². The van der Waals surface area contributed by atoms with Gasteiger partial charge in [-0.25, -0.2) is 4.98 Å². The minimum absolute atomic E-state index is 0.795. The van der Waals surface area contributed by atoms with Gasteiger partial charge in [0.2, 0.25) is 0 Å². The third-order valence-corrected chi connectivity index (χ3v) is 4.43. The van der Waals surface area contributed by atoms with Gasteiger partial charge in [0.15, 0.2) is 5.13 Å². The Balaban J connectivity index is 1.73. The Bertz CT molecular complexity index is 694. The fourth-order valence-electron chi connectivity index (χ4n) is 1.92. The van der Waals surface area contributed by atoms with Gasteiger partial charge in [0, 0.05) is 22.0 Å². The number of anilines is 1. The maximum Gasteiger partial charge on any atom is 0.183 e. The fraction of sp³-hybridized carbons (Fsp3) is 0.0625. The maximum atomic E-state index is 4.63. The second-order valence-corrected chi connectivity index (χ2v) is 6.07. The van der Waals surface area contributed by atoms with E-state index in [1.807, 2.05) is 36.4 Å². The van der Waals surface area contributed by atoms with E-state index in [2.05, 4.69) is 49.8 Å². The summed E-state index contributed by atoms with van der Waals surface area (Å²) < 4.78 is 1.07. The van der Waals surface area contributed by atoms with E-state index in [-0.39, 0.29) is 0 Å². The predicted molar refractivity (Wildman–Crippen MR) is 89.0 cm³/mol. The van der Waals surface area contributed by atoms with Crippen LogP contribution in [0.4, 0.5) is 5.13 Å². The monoisotopic (exact) mass is 344 g/mol. The van der Waals surface area contributed by atoms with Crippen molar-refractivity contribution in [2.24, 2.45) is 0 Å². The van der Waals surface area contributed by atoms with Gasteiger partial charge in [0.05, 0.1) is 5.69 Å². The average Bonchev–Trinajstić information content (AvgIpc) is 2.95. The lowest BCUT2D eigenvalue weighted by molar-refractivity contribution is 1.14. The lowest BCUT2D eigenvalue weighted by Gasteiger charge is -2.02. The van der Waals surface area contributed by atoms with Crippen molar-refractivity contribution in [1.82, 2.24) is 4.98 Å². The van der Waals surface area contributed by atoms with Crippen LogP contribution < -0.4 is 5.32 Å². The van der Waals surface area contributed by atoms with Crippen LogP contribution >= 0.6 is 27.3 Å². The van der Waals surface area contributed by atoms with E-state index in [0.29, 0.717) is 0 Å². The molecular formula is C16H13BrN2S. The molecule has 2 nitrogen and oxygen atoms in total. The van der Waals surface area contributed by atoms with Crippen LogP contribution in [0.2, 0.25) is 0 Å². The molecule has 3 rings (SSSR count). The van der Waals surface area contributed by atoms with Gasteiger partial charge in [-0.3, -0.25) is 0 Å². The number of hydrogen-bond donors (Lipinski definition) is 1. The topological polar surface area (TPSA) is 24.9 Å². The van der Waals surface area contributed by atoms with E-state index in [9.17, 15) is 0 Å². The largest absolute Gasteiger partial charge is 0.357 e. The number of aromatic nitrogens is 1. The van der Waals surface area contributed by atoms with Crippen molar-refractivity contribution in [3.63, 3.8) is 0 Å². The Morgan fingerprint density at radius 1 is 1.00 bits per heavy atom. The van der Waals surface area contributed by atoms with Crippen LogP contribution in [-0.2, 0) is 6.54 Å². The van der Waals surface area contributed by atoms with Gasteiger partial charge in [0.25, 0.3) is 0 Å². The summed E-state index contributed by atoms with van der Waals surface area (Å²) in [5.41, 5.74) is 3.37. The first kappa shape index (κ1) is 13.3. The van der Waals surface area contributed by atoms with E-state index < -0.39 is 0 Å². The zero-order valence-corrected chi connectivity index (χ0v) is 13.1. The molecule has 0 unspecified atom stereocenters. The standard InChI is InChI=1S/C16H13BrN2S/c17-14-9-5-4-8-13(14)15-11-20-16(19-15)18-10-12-6-2-1-3-7-12/h1-9,11H,10H2,(H,18,19). The summed E-state index contributed by atoms with van der Waals surface area (Å²) in [5.74, 6) is 0. The van der Waals surface area contributed by atoms with E-state index >= 15 is 0 Å². The fourth-order valence-corrected chi connectivity index (χ4v) is 3.12. The highest BCUT2D eigenvalue weighted by molar-refractivity contribution is 9.10. The minimum atomic E-state index is 0.795. The molecule has 1 heterocycles. The van der Waals surface area contributed by atoms with Crippen LogP contribution in [0.25, 0.3) is 11.3 Å². The molecule has 0 bridgehead atoms. The molecule has 0 aliphatic heterocycles. The maximum absolute atomic E-state index is 4.63. The van der Waals surface area contributed by atoms with E-state index in [1.165, 1.54) is 5.56 Å². The normalized spacial score (nSPS) is 10.4. The molecule has 2 aromatic carbocycles. The van der Waals surface area contributed by atoms with Crippen molar-refractivity contribution < 1.29 is 0 Å². The average molecular weight is 345 g/mol. The van der Waals surface area contributed by atoms with E-state index in [0.717, 1.165) is 27.4 Å². The van der Waals surface area contributed by atoms with Crippen LogP contribution in [-0.4, -0.2) is 4.98 Å². The molecule has 0 atom stereocenters. The number of halogens is 1. The third kappa shape index (κ3) is 3.08. The number of thiazole rings is 1. The lowest BCUT2D eigenvalue weighted by Crippen LogP contribution is -1.98. The second kappa shape index (κ2) is 6.20. The summed E-state index contributed by atoms with van der Waals surface area (Å²) in [4.78, 5) is 4.63. The number of hydrogen-bond acceptors (Lipinski definition) is 3. The second-order valence-electron chi connectivity index (χ2n) is 4.36. The summed E-state index contributed by atoms with van der Waals surface area (Å²) in [7, 11) is 0. The van der Waals surface area contributed by atoms with Gasteiger partial charge in [-0.2, -0.15) is 0 Å². The molecule has 0 amide bonds. The van der Waals surface area contributed by atoms with Crippen LogP contribution in [0.1, 0.15) is 5.56 Å². The third-order valence-electron chi connectivity index (χ3n) is 2.94. The summed E-state index contributed by atoms with van der Waals surface area (Å²) in [6, 6.07) is 18.5. The SMILES string of the molecule is Brc1ccccc1-c1csc(NCc2ccccc2)n1. The minimum Gasteiger partial charge on any atom is -0.357 e. The van der Waals surface area contributed by atoms with Crippen molar-refractivity contribution in [3.8, 4) is 11.3 Å². The van der Waals surface area contributed by atoms with Crippen molar-refractivity contribution in [3.05, 3.63) is 70.0 Å². The van der Waals surface area contributed by atoms with Crippen LogP contribution in [0.15, 0.2) is 64.5 Å². The molecule has 0 aliphatic carbocycles. The number of rotatable bonds is 4. The zero-order chi connectivity index (χ0) is 13.8. The summed E-state index contributed by atoms with van der Waals surface area (Å²) in [5, 5.41) is 6.38. The molecule has 0 spiro atoms. The molecule has 0 radical (unpaired) electrons. The highest BCUT2D eigenvalue weighted by Gasteiger charge is 2.07. The highest BCUT2D eigenvalue weighted by atomic mass is 79.9. The molecule has 0 fully saturated rings. The van der Waals surface area contributed by atoms with Gasteiger partial charge < -0.3 is 5.32 Å². The Labute approximate surface area is 130 Å². The molecule has 4 heteroatoms. The zero-order valence-electron chi connectivity index (χ0n) is 10.7. The Hall–Kier alpha value is -1.65. The smallest absolute Gasteiger partial charge is 0.183 e. The molecule has 1 N–H and O–H groups in total. The molecule has 100 valence electrons. The first-order chi connectivity index (χ1) is 9.83. The van der Waals surface area contributed by atoms with Crippen LogP contribution in [0.5, 0.6) is 0 Å². The first-order valence-corrected chi connectivity index (χ1v) is 7.98. The number of benzene rings is 2. The predicted octanol–water partition coefficient (Wildman–Crippen LogP) is 5.18. The van der Waals surface area contributed by atoms with E-state index in [4.69, 9.17) is 0 Å². The molecular weight excluding hydrogens is 332 g/mol. The Kier molecular flexibility index (Phi) is 4.14. The number of nitrogens with one attached hydrogen (secondary N) is 1. The first-order valence-electron chi connectivity index (χ1n) is 6.31. The Morgan fingerprint density at radius 3 is 2.55 bits per heavy atom. The lowest BCUT2D eigenvalue weighted by atomic mass is 10.2. The van der Waals surface area contributed by atoms with Crippen LogP contribution in [0, 0.1) is 0 Å². The summed E-state index contributed by atoms with van der Waals surface area (Å²) in [6.45, 7) is 0.795. The van der Waals surface area contributed by atoms with Gasteiger partial charge >= 0.3 is 0 Å². The van der Waals surface area contributed by atoms with Gasteiger partial charge in [-0.15, -0.1) is 11.3 Å². The molecule has 0 aliphatic rings. The van der Waals surface area contributed by atoms with Crippen molar-refractivity contribution in [1.29, 1.82) is 0 Å². The highest BCUT2D eigenvalue weighted by Crippen LogP contribution is 2.30. The summed E-state index contributed by atoms with van der Waals surface area (Å²) in [6.07, 6.45) is 0. The molecule has 20 heavy (non-hydrogen) atoms. The molecule has 0 saturated carbocycles. The quantitative estimate of drug-likeness (QED) is 0.704. The molecule has 1 aromatic heterocycles. The molecule has 0 saturated heterocycles. The van der Waals surface area contributed by atoms with Crippen LogP contribution in [0.3, 0.4) is 0 Å². The number of nitrogens with zero attached hydrogens (tertiary/aromatic N) is 1. The summed E-state index contributed by atoms with van der Waals surface area (Å²) >= 11 is 5.19. The van der Waals surface area contributed by atoms with Gasteiger partial charge in [0.1, 0.15) is 0 Å². The van der Waals surface area contributed by atoms with Crippen molar-refractivity contribution in [2.45, 2.75) is 6.54 Å². The Morgan fingerprint density at radius 2 is 1.75 bits per heavy atom. The molecule has 3 aromatic rings.